The molecule has 9 heavy (non-hydrogen) atoms. The quantitative estimate of drug-likeness (QED) is 0.577. The lowest BCUT2D eigenvalue weighted by Crippen LogP contribution is -2.24. The Morgan fingerprint density at radius 3 is 2.22 bits per heavy atom. The van der Waals surface area contributed by atoms with E-state index in [0.717, 1.165) is 18.4 Å². The van der Waals surface area contributed by atoms with E-state index in [-0.39, 0.29) is 0 Å². The SMILES string of the molecule is C=C(C)C(C)(O)CCC. The number of aliphatic hydroxyl groups is 1. The number of hydrogen-bond acceptors (Lipinski definition) is 1. The van der Waals surface area contributed by atoms with Crippen LogP contribution in [0, 0.1) is 0 Å². The number of hydrogen-bond donors (Lipinski definition) is 1. The van der Waals surface area contributed by atoms with Crippen molar-refractivity contribution in [1.29, 1.82) is 0 Å². The summed E-state index contributed by atoms with van der Waals surface area (Å²) in [6.45, 7) is 9.41. The largest absolute Gasteiger partial charge is 0.386 e. The predicted molar refractivity (Wildman–Crippen MR) is 40.3 cm³/mol. The van der Waals surface area contributed by atoms with Crippen molar-refractivity contribution in [2.75, 3.05) is 0 Å². The van der Waals surface area contributed by atoms with E-state index in [1.165, 1.54) is 0 Å². The zero-order valence-corrected chi connectivity index (χ0v) is 6.57. The van der Waals surface area contributed by atoms with Gasteiger partial charge in [-0.2, -0.15) is 0 Å². The summed E-state index contributed by atoms with van der Waals surface area (Å²) >= 11 is 0. The minimum atomic E-state index is -0.644. The van der Waals surface area contributed by atoms with Gasteiger partial charge in [0.2, 0.25) is 0 Å². The fourth-order valence-corrected chi connectivity index (χ4v) is 0.700. The summed E-state index contributed by atoms with van der Waals surface area (Å²) in [6.07, 6.45) is 1.81. The Kier molecular flexibility index (Phi) is 2.92. The second kappa shape index (κ2) is 3.02. The van der Waals surface area contributed by atoms with Crippen LogP contribution in [0.1, 0.15) is 33.6 Å². The van der Waals surface area contributed by atoms with E-state index in [1.54, 1.807) is 6.92 Å². The molecule has 1 N–H and O–H groups in total. The van der Waals surface area contributed by atoms with Gasteiger partial charge in [-0.25, -0.2) is 0 Å². The van der Waals surface area contributed by atoms with Gasteiger partial charge in [-0.3, -0.25) is 0 Å². The molecule has 0 aliphatic carbocycles. The summed E-state index contributed by atoms with van der Waals surface area (Å²) in [6, 6.07) is 0. The Morgan fingerprint density at radius 2 is 2.11 bits per heavy atom. The summed E-state index contributed by atoms with van der Waals surface area (Å²) in [5.41, 5.74) is 0.207. The highest BCUT2D eigenvalue weighted by Crippen LogP contribution is 2.19. The standard InChI is InChI=1S/C8H16O/c1-5-6-8(4,9)7(2)3/h9H,2,5-6H2,1,3-4H3. The van der Waals surface area contributed by atoms with Crippen LogP contribution in [0.5, 0.6) is 0 Å². The highest BCUT2D eigenvalue weighted by Gasteiger charge is 2.18. The molecule has 0 aliphatic rings. The molecule has 0 amide bonds. The maximum absolute atomic E-state index is 9.49. The monoisotopic (exact) mass is 128 g/mol. The van der Waals surface area contributed by atoms with Gasteiger partial charge in [0.05, 0.1) is 5.60 Å². The Balaban J connectivity index is 3.85. The Labute approximate surface area is 57.4 Å². The van der Waals surface area contributed by atoms with Crippen molar-refractivity contribution in [1.82, 2.24) is 0 Å². The van der Waals surface area contributed by atoms with Gasteiger partial charge in [-0.1, -0.05) is 19.9 Å². The van der Waals surface area contributed by atoms with E-state index < -0.39 is 5.60 Å². The van der Waals surface area contributed by atoms with Crippen LogP contribution in [0.4, 0.5) is 0 Å². The molecule has 0 rings (SSSR count). The molecule has 1 atom stereocenters. The van der Waals surface area contributed by atoms with Crippen LogP contribution in [0.15, 0.2) is 12.2 Å². The van der Waals surface area contributed by atoms with Crippen molar-refractivity contribution in [3.05, 3.63) is 12.2 Å². The van der Waals surface area contributed by atoms with Crippen molar-refractivity contribution in [2.24, 2.45) is 0 Å². The molecule has 1 heteroatoms. The molecule has 1 unspecified atom stereocenters. The Bertz CT molecular complexity index is 103. The van der Waals surface area contributed by atoms with Crippen molar-refractivity contribution < 1.29 is 5.11 Å². The molecule has 0 aromatic rings. The molecule has 54 valence electrons. The fourth-order valence-electron chi connectivity index (χ4n) is 0.700. The lowest BCUT2D eigenvalue weighted by atomic mass is 9.94. The van der Waals surface area contributed by atoms with Gasteiger partial charge < -0.3 is 5.11 Å². The first kappa shape index (κ1) is 8.70. The van der Waals surface area contributed by atoms with Crippen molar-refractivity contribution in [3.8, 4) is 0 Å². The van der Waals surface area contributed by atoms with Gasteiger partial charge in [-0.15, -0.1) is 0 Å². The van der Waals surface area contributed by atoms with E-state index in [1.807, 2.05) is 6.92 Å². The Morgan fingerprint density at radius 1 is 1.67 bits per heavy atom. The van der Waals surface area contributed by atoms with Crippen LogP contribution in [0.25, 0.3) is 0 Å². The van der Waals surface area contributed by atoms with Crippen molar-refractivity contribution in [2.45, 2.75) is 39.2 Å². The molecule has 0 saturated heterocycles. The molecular weight excluding hydrogens is 112 g/mol. The molecule has 0 aliphatic heterocycles. The first-order valence-electron chi connectivity index (χ1n) is 3.39. The number of rotatable bonds is 3. The van der Waals surface area contributed by atoms with Crippen molar-refractivity contribution >= 4 is 0 Å². The molecular formula is C8H16O. The van der Waals surface area contributed by atoms with Gasteiger partial charge in [0.15, 0.2) is 0 Å². The average Bonchev–Trinajstić information content (AvgIpc) is 1.65. The smallest absolute Gasteiger partial charge is 0.0823 e. The summed E-state index contributed by atoms with van der Waals surface area (Å²) < 4.78 is 0. The van der Waals surface area contributed by atoms with E-state index in [0.29, 0.717) is 0 Å². The topological polar surface area (TPSA) is 20.2 Å². The lowest BCUT2D eigenvalue weighted by molar-refractivity contribution is 0.0887. The molecule has 0 fully saturated rings. The van der Waals surface area contributed by atoms with Gasteiger partial charge >= 0.3 is 0 Å². The zero-order chi connectivity index (χ0) is 7.49. The molecule has 0 spiro atoms. The van der Waals surface area contributed by atoms with Crippen LogP contribution in [0.3, 0.4) is 0 Å². The zero-order valence-electron chi connectivity index (χ0n) is 6.57. The minimum absolute atomic E-state index is 0.644. The first-order valence-corrected chi connectivity index (χ1v) is 3.39. The second-order valence-electron chi connectivity index (χ2n) is 2.80. The van der Waals surface area contributed by atoms with Crippen LogP contribution >= 0.6 is 0 Å². The summed E-state index contributed by atoms with van der Waals surface area (Å²) in [7, 11) is 0. The fraction of sp³-hybridized carbons (Fsp3) is 0.750. The highest BCUT2D eigenvalue weighted by atomic mass is 16.3. The van der Waals surface area contributed by atoms with Gasteiger partial charge in [0, 0.05) is 0 Å². The maximum Gasteiger partial charge on any atom is 0.0823 e. The minimum Gasteiger partial charge on any atom is -0.386 e. The van der Waals surface area contributed by atoms with E-state index in [2.05, 4.69) is 13.5 Å². The summed E-state index contributed by atoms with van der Waals surface area (Å²) in [4.78, 5) is 0. The lowest BCUT2D eigenvalue weighted by Gasteiger charge is -2.22. The average molecular weight is 128 g/mol. The van der Waals surface area contributed by atoms with Gasteiger partial charge in [0.25, 0.3) is 0 Å². The first-order chi connectivity index (χ1) is 4.00. The van der Waals surface area contributed by atoms with Crippen LogP contribution in [0.2, 0.25) is 0 Å². The van der Waals surface area contributed by atoms with Gasteiger partial charge in [-0.05, 0) is 25.8 Å². The molecule has 0 aromatic heterocycles. The molecule has 1 nitrogen and oxygen atoms in total. The van der Waals surface area contributed by atoms with Crippen LogP contribution in [-0.2, 0) is 0 Å². The third-order valence-corrected chi connectivity index (χ3v) is 1.66. The second-order valence-corrected chi connectivity index (χ2v) is 2.80. The van der Waals surface area contributed by atoms with Crippen LogP contribution in [-0.4, -0.2) is 10.7 Å². The van der Waals surface area contributed by atoms with Crippen LogP contribution < -0.4 is 0 Å². The maximum atomic E-state index is 9.49. The van der Waals surface area contributed by atoms with Gasteiger partial charge in [0.1, 0.15) is 0 Å². The Hall–Kier alpha value is -0.300. The molecule has 0 saturated carbocycles. The van der Waals surface area contributed by atoms with Crippen molar-refractivity contribution in [3.63, 3.8) is 0 Å². The molecule has 0 bridgehead atoms. The third-order valence-electron chi connectivity index (χ3n) is 1.66. The molecule has 0 heterocycles. The molecule has 0 radical (unpaired) electrons. The summed E-state index contributed by atoms with van der Waals surface area (Å²) in [5, 5.41) is 9.49. The highest BCUT2D eigenvalue weighted by molar-refractivity contribution is 5.06. The van der Waals surface area contributed by atoms with E-state index in [4.69, 9.17) is 0 Å². The summed E-state index contributed by atoms with van der Waals surface area (Å²) in [5.74, 6) is 0. The van der Waals surface area contributed by atoms with E-state index in [9.17, 15) is 5.11 Å². The van der Waals surface area contributed by atoms with E-state index >= 15 is 0 Å². The third kappa shape index (κ3) is 2.66. The predicted octanol–water partition coefficient (Wildman–Crippen LogP) is 2.11. The molecule has 0 aromatic carbocycles. The normalized spacial score (nSPS) is 16.9.